The van der Waals surface area contributed by atoms with Crippen molar-refractivity contribution in [3.8, 4) is 0 Å². The Morgan fingerprint density at radius 1 is 1.60 bits per heavy atom. The Hall–Kier alpha value is -0.120. The highest BCUT2D eigenvalue weighted by atomic mass is 79.9. The molecule has 0 aliphatic rings. The SMILES string of the molecule is C=CCC(Cc1ccc(Br)s1)NCCC. The van der Waals surface area contributed by atoms with E-state index in [-0.39, 0.29) is 0 Å². The van der Waals surface area contributed by atoms with Gasteiger partial charge in [0.1, 0.15) is 0 Å². The molecule has 1 N–H and O–H groups in total. The molecule has 0 radical (unpaired) electrons. The van der Waals surface area contributed by atoms with Gasteiger partial charge in [0.25, 0.3) is 0 Å². The van der Waals surface area contributed by atoms with Gasteiger partial charge < -0.3 is 5.32 Å². The normalized spacial score (nSPS) is 12.7. The number of nitrogens with one attached hydrogen (secondary N) is 1. The van der Waals surface area contributed by atoms with E-state index in [0.717, 1.165) is 19.4 Å². The molecule has 0 aromatic carbocycles. The van der Waals surface area contributed by atoms with Crippen LogP contribution in [0.4, 0.5) is 0 Å². The summed E-state index contributed by atoms with van der Waals surface area (Å²) < 4.78 is 1.21. The summed E-state index contributed by atoms with van der Waals surface area (Å²) in [6, 6.07) is 4.84. The molecule has 0 bridgehead atoms. The predicted molar refractivity (Wildman–Crippen MR) is 72.6 cm³/mol. The Kier molecular flexibility index (Phi) is 6.22. The van der Waals surface area contributed by atoms with E-state index in [1.165, 1.54) is 15.1 Å². The van der Waals surface area contributed by atoms with Gasteiger partial charge in [-0.25, -0.2) is 0 Å². The van der Waals surface area contributed by atoms with Crippen molar-refractivity contribution >= 4 is 27.3 Å². The Morgan fingerprint density at radius 2 is 2.40 bits per heavy atom. The Morgan fingerprint density at radius 3 is 2.93 bits per heavy atom. The molecule has 1 nitrogen and oxygen atoms in total. The van der Waals surface area contributed by atoms with Gasteiger partial charge in [0.15, 0.2) is 0 Å². The standard InChI is InChI=1S/C12H18BrNS/c1-3-5-10(14-8-4-2)9-11-6-7-12(13)15-11/h3,6-7,10,14H,1,4-5,8-9H2,2H3. The molecule has 1 atom stereocenters. The van der Waals surface area contributed by atoms with Crippen molar-refractivity contribution in [2.24, 2.45) is 0 Å². The van der Waals surface area contributed by atoms with Crippen molar-refractivity contribution in [1.29, 1.82) is 0 Å². The zero-order chi connectivity index (χ0) is 11.1. The van der Waals surface area contributed by atoms with Gasteiger partial charge in [0.05, 0.1) is 3.79 Å². The van der Waals surface area contributed by atoms with Crippen molar-refractivity contribution in [3.05, 3.63) is 33.5 Å². The molecule has 1 unspecified atom stereocenters. The van der Waals surface area contributed by atoms with Gasteiger partial charge in [0.2, 0.25) is 0 Å². The molecule has 0 fully saturated rings. The quantitative estimate of drug-likeness (QED) is 0.748. The summed E-state index contributed by atoms with van der Waals surface area (Å²) in [6.45, 7) is 7.09. The van der Waals surface area contributed by atoms with Gasteiger partial charge in [-0.1, -0.05) is 13.0 Å². The molecule has 0 amide bonds. The summed E-state index contributed by atoms with van der Waals surface area (Å²) in [5, 5.41) is 3.55. The fraction of sp³-hybridized carbons (Fsp3) is 0.500. The van der Waals surface area contributed by atoms with E-state index >= 15 is 0 Å². The summed E-state index contributed by atoms with van der Waals surface area (Å²) in [4.78, 5) is 1.43. The van der Waals surface area contributed by atoms with Gasteiger partial charge >= 0.3 is 0 Å². The molecule has 0 saturated heterocycles. The highest BCUT2D eigenvalue weighted by Gasteiger charge is 2.08. The first-order valence-electron chi connectivity index (χ1n) is 5.34. The second kappa shape index (κ2) is 7.20. The maximum absolute atomic E-state index is 3.81. The minimum atomic E-state index is 0.535. The molecule has 3 heteroatoms. The average Bonchev–Trinajstić information content (AvgIpc) is 2.61. The molecule has 0 saturated carbocycles. The number of halogens is 1. The lowest BCUT2D eigenvalue weighted by molar-refractivity contribution is 0.515. The predicted octanol–water partition coefficient (Wildman–Crippen LogP) is 4.00. The third-order valence-corrected chi connectivity index (χ3v) is 3.86. The molecular formula is C12H18BrNS. The van der Waals surface area contributed by atoms with Crippen molar-refractivity contribution < 1.29 is 0 Å². The van der Waals surface area contributed by atoms with Crippen LogP contribution in [0.2, 0.25) is 0 Å². The van der Waals surface area contributed by atoms with Gasteiger partial charge in [-0.2, -0.15) is 0 Å². The first kappa shape index (κ1) is 12.9. The minimum Gasteiger partial charge on any atom is -0.313 e. The molecule has 0 aliphatic carbocycles. The van der Waals surface area contributed by atoms with Crippen LogP contribution in [0, 0.1) is 0 Å². The third kappa shape index (κ3) is 4.96. The van der Waals surface area contributed by atoms with E-state index in [0.29, 0.717) is 6.04 Å². The second-order valence-corrected chi connectivity index (χ2v) is 6.13. The molecule has 15 heavy (non-hydrogen) atoms. The lowest BCUT2D eigenvalue weighted by Gasteiger charge is -2.15. The molecule has 1 heterocycles. The summed E-state index contributed by atoms with van der Waals surface area (Å²) in [7, 11) is 0. The van der Waals surface area contributed by atoms with Crippen LogP contribution in [0.15, 0.2) is 28.6 Å². The monoisotopic (exact) mass is 287 g/mol. The van der Waals surface area contributed by atoms with Crippen LogP contribution < -0.4 is 5.32 Å². The van der Waals surface area contributed by atoms with Crippen molar-refractivity contribution in [2.75, 3.05) is 6.54 Å². The fourth-order valence-electron chi connectivity index (χ4n) is 1.49. The minimum absolute atomic E-state index is 0.535. The van der Waals surface area contributed by atoms with Crippen LogP contribution in [0.5, 0.6) is 0 Å². The van der Waals surface area contributed by atoms with Crippen LogP contribution >= 0.6 is 27.3 Å². The van der Waals surface area contributed by atoms with E-state index in [1.807, 2.05) is 17.4 Å². The number of rotatable bonds is 7. The van der Waals surface area contributed by atoms with Gasteiger partial charge in [-0.15, -0.1) is 17.9 Å². The van der Waals surface area contributed by atoms with Crippen LogP contribution in [0.25, 0.3) is 0 Å². The Balaban J connectivity index is 2.46. The highest BCUT2D eigenvalue weighted by molar-refractivity contribution is 9.11. The van der Waals surface area contributed by atoms with Crippen LogP contribution in [0.3, 0.4) is 0 Å². The number of hydrogen-bond donors (Lipinski definition) is 1. The first-order chi connectivity index (χ1) is 7.26. The highest BCUT2D eigenvalue weighted by Crippen LogP contribution is 2.23. The topological polar surface area (TPSA) is 12.0 Å². The summed E-state index contributed by atoms with van der Waals surface area (Å²) in [6.07, 6.45) is 5.32. The maximum Gasteiger partial charge on any atom is 0.0701 e. The molecule has 0 aliphatic heterocycles. The second-order valence-electron chi connectivity index (χ2n) is 3.59. The lowest BCUT2D eigenvalue weighted by atomic mass is 10.1. The smallest absolute Gasteiger partial charge is 0.0701 e. The summed E-state index contributed by atoms with van der Waals surface area (Å²) in [5.74, 6) is 0. The zero-order valence-electron chi connectivity index (χ0n) is 9.13. The zero-order valence-corrected chi connectivity index (χ0v) is 11.5. The number of thiophene rings is 1. The first-order valence-corrected chi connectivity index (χ1v) is 6.95. The van der Waals surface area contributed by atoms with Crippen LogP contribution in [0.1, 0.15) is 24.6 Å². The molecule has 84 valence electrons. The Labute approximate surface area is 105 Å². The number of hydrogen-bond acceptors (Lipinski definition) is 2. The fourth-order valence-corrected chi connectivity index (χ4v) is 3.06. The summed E-state index contributed by atoms with van der Waals surface area (Å²) >= 11 is 5.31. The van der Waals surface area contributed by atoms with Crippen LogP contribution in [-0.2, 0) is 6.42 Å². The van der Waals surface area contributed by atoms with E-state index in [4.69, 9.17) is 0 Å². The molecule has 1 aromatic heterocycles. The van der Waals surface area contributed by atoms with E-state index < -0.39 is 0 Å². The van der Waals surface area contributed by atoms with Gasteiger partial charge in [0, 0.05) is 10.9 Å². The van der Waals surface area contributed by atoms with Crippen molar-refractivity contribution in [1.82, 2.24) is 5.32 Å². The molecular weight excluding hydrogens is 270 g/mol. The van der Waals surface area contributed by atoms with Gasteiger partial charge in [-0.05, 0) is 53.9 Å². The maximum atomic E-state index is 3.81. The van der Waals surface area contributed by atoms with E-state index in [1.54, 1.807) is 0 Å². The van der Waals surface area contributed by atoms with Crippen LogP contribution in [-0.4, -0.2) is 12.6 Å². The molecule has 1 rings (SSSR count). The largest absolute Gasteiger partial charge is 0.313 e. The molecule has 1 aromatic rings. The van der Waals surface area contributed by atoms with Gasteiger partial charge in [-0.3, -0.25) is 0 Å². The Bertz CT molecular complexity index is 296. The van der Waals surface area contributed by atoms with E-state index in [2.05, 4.69) is 46.9 Å². The third-order valence-electron chi connectivity index (χ3n) is 2.21. The van der Waals surface area contributed by atoms with Crippen molar-refractivity contribution in [3.63, 3.8) is 0 Å². The lowest BCUT2D eigenvalue weighted by Crippen LogP contribution is -2.30. The summed E-state index contributed by atoms with van der Waals surface area (Å²) in [5.41, 5.74) is 0. The average molecular weight is 288 g/mol. The molecule has 0 spiro atoms. The van der Waals surface area contributed by atoms with E-state index in [9.17, 15) is 0 Å². The van der Waals surface area contributed by atoms with Crippen molar-refractivity contribution in [2.45, 2.75) is 32.2 Å².